The van der Waals surface area contributed by atoms with Crippen LogP contribution in [-0.4, -0.2) is 162 Å². The van der Waals surface area contributed by atoms with Crippen molar-refractivity contribution >= 4 is 28.6 Å². The van der Waals surface area contributed by atoms with Crippen LogP contribution in [0.5, 0.6) is 0 Å². The van der Waals surface area contributed by atoms with Gasteiger partial charge in [-0.25, -0.2) is 4.79 Å². The highest BCUT2D eigenvalue weighted by Gasteiger charge is 2.02. The molecule has 0 aliphatic heterocycles. The largest absolute Gasteiger partial charge is 0.460 e. The van der Waals surface area contributed by atoms with E-state index in [1.807, 2.05) is 0 Å². The molecule has 0 fully saturated rings. The van der Waals surface area contributed by atoms with Gasteiger partial charge in [0.25, 0.3) is 0 Å². The van der Waals surface area contributed by atoms with Gasteiger partial charge in [0.2, 0.25) is 0 Å². The van der Waals surface area contributed by atoms with E-state index >= 15 is 0 Å². The molecule has 0 radical (unpaired) electrons. The van der Waals surface area contributed by atoms with Crippen LogP contribution in [0.25, 0.3) is 0 Å². The van der Waals surface area contributed by atoms with Crippen LogP contribution in [0.4, 0.5) is 0 Å². The molecule has 14 heteroatoms. The van der Waals surface area contributed by atoms with E-state index < -0.39 is 5.97 Å². The van der Waals surface area contributed by atoms with Gasteiger partial charge < -0.3 is 56.8 Å². The fourth-order valence-corrected chi connectivity index (χ4v) is 3.81. The summed E-state index contributed by atoms with van der Waals surface area (Å²) >= 11 is 2.42. The Balaban J connectivity index is 3.06. The highest BCUT2D eigenvalue weighted by molar-refractivity contribution is 14.1. The monoisotopic (exact) mass is 780 g/mol. The van der Waals surface area contributed by atoms with E-state index in [4.69, 9.17) is 56.8 Å². The average Bonchev–Trinajstić information content (AvgIpc) is 3.05. The minimum Gasteiger partial charge on any atom is -0.460 e. The first-order valence-corrected chi connectivity index (χ1v) is 17.9. The predicted octanol–water partition coefficient (Wildman–Crippen LogP) is 3.28. The van der Waals surface area contributed by atoms with Crippen molar-refractivity contribution < 1.29 is 61.6 Å². The van der Waals surface area contributed by atoms with Crippen LogP contribution >= 0.6 is 22.6 Å². The minimum absolute atomic E-state index is 0.201. The Morgan fingerprint density at radius 2 is 0.630 bits per heavy atom. The molecule has 0 unspecified atom stereocenters. The fraction of sp³-hybridized carbons (Fsp3) is 0.906. The smallest absolute Gasteiger partial charge is 0.333 e. The number of halogens is 1. The lowest BCUT2D eigenvalue weighted by Crippen LogP contribution is -2.15. The van der Waals surface area contributed by atoms with Crippen molar-refractivity contribution in [3.05, 3.63) is 12.2 Å². The summed E-state index contributed by atoms with van der Waals surface area (Å²) in [6, 6.07) is 0. The second-order valence-electron chi connectivity index (χ2n) is 9.76. The fourth-order valence-electron chi connectivity index (χ4n) is 3.27. The molecule has 0 aliphatic carbocycles. The standard InChI is InChI=1S/C32H61IO13/c1-31(2)32(34)46-30-29-45-28-27-44-26-25-43-24-23-42-22-21-41-20-19-40-18-17-39-16-15-38-14-13-37-12-11-36-10-9-35-8-6-4-3-5-7-33/h1,3-30H2,2H3. The molecule has 0 aromatic rings. The summed E-state index contributed by atoms with van der Waals surface area (Å²) in [6.07, 6.45) is 4.97. The van der Waals surface area contributed by atoms with Gasteiger partial charge in [-0.05, 0) is 24.2 Å². The maximum Gasteiger partial charge on any atom is 0.333 e. The molecule has 0 spiro atoms. The molecule has 0 amide bonds. The number of carbonyl (C=O) groups is 1. The Labute approximate surface area is 290 Å². The van der Waals surface area contributed by atoms with E-state index in [9.17, 15) is 4.79 Å². The Bertz CT molecular complexity index is 631. The van der Waals surface area contributed by atoms with Gasteiger partial charge in [0, 0.05) is 12.2 Å². The van der Waals surface area contributed by atoms with E-state index in [0.717, 1.165) is 13.0 Å². The second-order valence-corrected chi connectivity index (χ2v) is 10.8. The molecule has 46 heavy (non-hydrogen) atoms. The lowest BCUT2D eigenvalue weighted by Gasteiger charge is -2.09. The number of hydrogen-bond donors (Lipinski definition) is 0. The lowest BCUT2D eigenvalue weighted by molar-refractivity contribution is -0.140. The highest BCUT2D eigenvalue weighted by Crippen LogP contribution is 2.02. The van der Waals surface area contributed by atoms with Gasteiger partial charge in [-0.1, -0.05) is 42.0 Å². The average molecular weight is 781 g/mol. The van der Waals surface area contributed by atoms with Crippen molar-refractivity contribution in [2.45, 2.75) is 32.6 Å². The van der Waals surface area contributed by atoms with Gasteiger partial charge in [0.15, 0.2) is 0 Å². The van der Waals surface area contributed by atoms with E-state index in [0.29, 0.717) is 144 Å². The first kappa shape index (κ1) is 45.5. The second kappa shape index (κ2) is 40.7. The van der Waals surface area contributed by atoms with Gasteiger partial charge in [-0.15, -0.1) is 0 Å². The Morgan fingerprint density at radius 1 is 0.391 bits per heavy atom. The minimum atomic E-state index is -0.411. The normalized spacial score (nSPS) is 11.3. The summed E-state index contributed by atoms with van der Waals surface area (Å²) in [5.41, 5.74) is 0.371. The number of esters is 1. The Hall–Kier alpha value is -0.500. The molecule has 274 valence electrons. The summed E-state index contributed by atoms with van der Waals surface area (Å²) in [7, 11) is 0. The van der Waals surface area contributed by atoms with Crippen molar-refractivity contribution in [2.24, 2.45) is 0 Å². The quantitative estimate of drug-likeness (QED) is 0.0297. The van der Waals surface area contributed by atoms with Crippen molar-refractivity contribution in [1.82, 2.24) is 0 Å². The first-order chi connectivity index (χ1) is 22.7. The van der Waals surface area contributed by atoms with E-state index in [1.165, 1.54) is 23.7 Å². The van der Waals surface area contributed by atoms with Gasteiger partial charge in [-0.2, -0.15) is 0 Å². The maximum absolute atomic E-state index is 11.2. The molecule has 0 aliphatic rings. The van der Waals surface area contributed by atoms with Crippen LogP contribution < -0.4 is 0 Å². The summed E-state index contributed by atoms with van der Waals surface area (Å²) in [6.45, 7) is 16.7. The SMILES string of the molecule is C=C(C)C(=O)OCCOCCOCCOCCOCCOCCOCCOCCOCCOCCOCCOCCCCCCI. The number of unbranched alkanes of at least 4 members (excludes halogenated alkanes) is 3. The van der Waals surface area contributed by atoms with E-state index in [2.05, 4.69) is 29.2 Å². The molecule has 0 rings (SSSR count). The van der Waals surface area contributed by atoms with Crippen LogP contribution in [0, 0.1) is 0 Å². The zero-order chi connectivity index (χ0) is 33.4. The summed E-state index contributed by atoms with van der Waals surface area (Å²) in [4.78, 5) is 11.2. The topological polar surface area (TPSA) is 128 Å². The lowest BCUT2D eigenvalue weighted by atomic mass is 10.2. The van der Waals surface area contributed by atoms with Gasteiger partial charge in [0.05, 0.1) is 139 Å². The van der Waals surface area contributed by atoms with E-state index in [1.54, 1.807) is 6.92 Å². The molecule has 13 nitrogen and oxygen atoms in total. The maximum atomic E-state index is 11.2. The van der Waals surface area contributed by atoms with Crippen molar-refractivity contribution in [2.75, 3.05) is 156 Å². The molecule has 0 N–H and O–H groups in total. The van der Waals surface area contributed by atoms with Crippen molar-refractivity contribution in [1.29, 1.82) is 0 Å². The molecule has 0 aromatic carbocycles. The number of hydrogen-bond acceptors (Lipinski definition) is 13. The Kier molecular flexibility index (Phi) is 40.2. The first-order valence-electron chi connectivity index (χ1n) is 16.4. The van der Waals surface area contributed by atoms with Gasteiger partial charge in [0.1, 0.15) is 6.61 Å². The molecular formula is C32H61IO13. The van der Waals surface area contributed by atoms with Gasteiger partial charge >= 0.3 is 5.97 Å². The third-order valence-corrected chi connectivity index (χ3v) is 6.46. The Morgan fingerprint density at radius 3 is 0.891 bits per heavy atom. The van der Waals surface area contributed by atoms with Gasteiger partial charge in [-0.3, -0.25) is 0 Å². The summed E-state index contributed by atoms with van der Waals surface area (Å²) in [5, 5.41) is 0. The highest BCUT2D eigenvalue weighted by atomic mass is 127. The van der Waals surface area contributed by atoms with Crippen molar-refractivity contribution in [3.8, 4) is 0 Å². The van der Waals surface area contributed by atoms with Crippen LogP contribution in [0.2, 0.25) is 0 Å². The number of alkyl halides is 1. The predicted molar refractivity (Wildman–Crippen MR) is 182 cm³/mol. The number of carbonyl (C=O) groups excluding carboxylic acids is 1. The van der Waals surface area contributed by atoms with Crippen molar-refractivity contribution in [3.63, 3.8) is 0 Å². The molecule has 0 bridgehead atoms. The zero-order valence-electron chi connectivity index (χ0n) is 28.2. The molecule has 0 atom stereocenters. The third kappa shape index (κ3) is 39.7. The van der Waals surface area contributed by atoms with Crippen LogP contribution in [-0.2, 0) is 61.6 Å². The summed E-state index contributed by atoms with van der Waals surface area (Å²) in [5.74, 6) is -0.411. The molecule has 0 aromatic heterocycles. The van der Waals surface area contributed by atoms with Crippen LogP contribution in [0.15, 0.2) is 12.2 Å². The van der Waals surface area contributed by atoms with Crippen LogP contribution in [0.1, 0.15) is 32.6 Å². The molecule has 0 saturated heterocycles. The van der Waals surface area contributed by atoms with E-state index in [-0.39, 0.29) is 6.61 Å². The number of rotatable bonds is 40. The third-order valence-electron chi connectivity index (χ3n) is 5.70. The molecular weight excluding hydrogens is 719 g/mol. The van der Waals surface area contributed by atoms with Crippen LogP contribution in [0.3, 0.4) is 0 Å². The summed E-state index contributed by atoms with van der Waals surface area (Å²) < 4.78 is 66.2. The number of ether oxygens (including phenoxy) is 12. The zero-order valence-corrected chi connectivity index (χ0v) is 30.3. The molecule has 0 saturated carbocycles. The molecule has 0 heterocycles.